The zero-order valence-electron chi connectivity index (χ0n) is 10.3. The summed E-state index contributed by atoms with van der Waals surface area (Å²) in [4.78, 5) is 14.0. The number of phenolic OH excluding ortho intramolecular Hbond substituents is 1. The number of rotatable bonds is 1. The molecule has 1 aliphatic heterocycles. The Hall–Kier alpha value is -1.26. The largest absolute Gasteiger partial charge is 0.507 e. The van der Waals surface area contributed by atoms with Gasteiger partial charge in [-0.3, -0.25) is 4.79 Å². The van der Waals surface area contributed by atoms with Crippen LogP contribution in [0.15, 0.2) is 18.2 Å². The number of nitrogens with two attached hydrogens (primary N) is 1. The first-order valence-electron chi connectivity index (χ1n) is 6.00. The number of carbonyl (C=O) groups excluding carboxylic acids is 1. The summed E-state index contributed by atoms with van der Waals surface area (Å²) < 4.78 is 0. The smallest absolute Gasteiger partial charge is 0.257 e. The first kappa shape index (κ1) is 13.2. The molecule has 3 N–H and O–H groups in total. The van der Waals surface area contributed by atoms with Crippen molar-refractivity contribution >= 4 is 17.5 Å². The van der Waals surface area contributed by atoms with Gasteiger partial charge in [0.2, 0.25) is 0 Å². The zero-order chi connectivity index (χ0) is 13.3. The number of hydrogen-bond acceptors (Lipinski definition) is 3. The zero-order valence-corrected chi connectivity index (χ0v) is 11.0. The van der Waals surface area contributed by atoms with E-state index in [2.05, 4.69) is 6.92 Å². The van der Waals surface area contributed by atoms with Gasteiger partial charge in [0.25, 0.3) is 5.91 Å². The third-order valence-electron chi connectivity index (χ3n) is 3.17. The average molecular weight is 269 g/mol. The molecule has 0 spiro atoms. The van der Waals surface area contributed by atoms with Crippen molar-refractivity contribution in [3.05, 3.63) is 28.8 Å². The molecule has 1 fully saturated rings. The topological polar surface area (TPSA) is 66.6 Å². The van der Waals surface area contributed by atoms with Crippen LogP contribution in [0.3, 0.4) is 0 Å². The lowest BCUT2D eigenvalue weighted by molar-refractivity contribution is 0.0658. The lowest BCUT2D eigenvalue weighted by Gasteiger charge is -2.34. The highest BCUT2D eigenvalue weighted by Gasteiger charge is 2.27. The van der Waals surface area contributed by atoms with E-state index < -0.39 is 0 Å². The fourth-order valence-electron chi connectivity index (χ4n) is 2.42. The highest BCUT2D eigenvalue weighted by atomic mass is 35.5. The Kier molecular flexibility index (Phi) is 3.78. The molecule has 1 aromatic carbocycles. The Morgan fingerprint density at radius 1 is 1.50 bits per heavy atom. The third-order valence-corrected chi connectivity index (χ3v) is 3.40. The monoisotopic (exact) mass is 268 g/mol. The molecule has 0 saturated carbocycles. The molecule has 4 nitrogen and oxygen atoms in total. The first-order chi connectivity index (χ1) is 8.47. The second-order valence-electron chi connectivity index (χ2n) is 4.97. The maximum atomic E-state index is 12.3. The summed E-state index contributed by atoms with van der Waals surface area (Å²) in [6, 6.07) is 4.48. The summed E-state index contributed by atoms with van der Waals surface area (Å²) in [5, 5.41) is 10.2. The molecule has 0 aliphatic carbocycles. The number of hydrogen-bond donors (Lipinski definition) is 2. The summed E-state index contributed by atoms with van der Waals surface area (Å²) in [5.41, 5.74) is 6.16. The number of halogens is 1. The van der Waals surface area contributed by atoms with Gasteiger partial charge in [0.15, 0.2) is 0 Å². The molecule has 1 amide bonds. The standard InChI is InChI=1S/C13H17ClN2O2/c1-8-4-10(15)7-16(6-8)13(18)11-5-9(14)2-3-12(11)17/h2-3,5,8,10,17H,4,6-7,15H2,1H3. The van der Waals surface area contributed by atoms with Crippen molar-refractivity contribution < 1.29 is 9.90 Å². The van der Waals surface area contributed by atoms with Crippen LogP contribution in [-0.2, 0) is 0 Å². The van der Waals surface area contributed by atoms with E-state index in [0.29, 0.717) is 24.0 Å². The molecule has 0 aromatic heterocycles. The highest BCUT2D eigenvalue weighted by molar-refractivity contribution is 6.31. The van der Waals surface area contributed by atoms with Crippen molar-refractivity contribution in [3.8, 4) is 5.75 Å². The molecule has 98 valence electrons. The minimum atomic E-state index is -0.211. The fourth-order valence-corrected chi connectivity index (χ4v) is 2.59. The van der Waals surface area contributed by atoms with Gasteiger partial charge in [-0.15, -0.1) is 0 Å². The Labute approximate surface area is 111 Å². The van der Waals surface area contributed by atoms with Crippen LogP contribution in [0.4, 0.5) is 0 Å². The minimum absolute atomic E-state index is 0.000901. The van der Waals surface area contributed by atoms with Gasteiger partial charge in [-0.05, 0) is 30.5 Å². The molecule has 0 radical (unpaired) electrons. The molecule has 18 heavy (non-hydrogen) atoms. The van der Waals surface area contributed by atoms with Crippen LogP contribution in [0.5, 0.6) is 5.75 Å². The lowest BCUT2D eigenvalue weighted by atomic mass is 9.96. The molecule has 2 unspecified atom stereocenters. The molecule has 2 atom stereocenters. The van der Waals surface area contributed by atoms with Crippen LogP contribution in [0.2, 0.25) is 5.02 Å². The number of piperidine rings is 1. The molecule has 0 bridgehead atoms. The fraction of sp³-hybridized carbons (Fsp3) is 0.462. The van der Waals surface area contributed by atoms with E-state index in [1.807, 2.05) is 0 Å². The van der Waals surface area contributed by atoms with Crippen molar-refractivity contribution in [1.29, 1.82) is 0 Å². The van der Waals surface area contributed by atoms with E-state index in [1.165, 1.54) is 12.1 Å². The summed E-state index contributed by atoms with van der Waals surface area (Å²) >= 11 is 5.85. The van der Waals surface area contributed by atoms with Crippen molar-refractivity contribution in [3.63, 3.8) is 0 Å². The van der Waals surface area contributed by atoms with E-state index in [4.69, 9.17) is 17.3 Å². The van der Waals surface area contributed by atoms with E-state index in [0.717, 1.165) is 6.42 Å². The van der Waals surface area contributed by atoms with Gasteiger partial charge < -0.3 is 15.7 Å². The molecule has 5 heteroatoms. The van der Waals surface area contributed by atoms with Crippen molar-refractivity contribution in [2.24, 2.45) is 11.7 Å². The van der Waals surface area contributed by atoms with Crippen LogP contribution in [0.1, 0.15) is 23.7 Å². The number of nitrogens with zero attached hydrogens (tertiary/aromatic N) is 1. The molecule has 1 aromatic rings. The second-order valence-corrected chi connectivity index (χ2v) is 5.41. The number of aromatic hydroxyl groups is 1. The van der Waals surface area contributed by atoms with Gasteiger partial charge in [0.1, 0.15) is 5.75 Å². The van der Waals surface area contributed by atoms with Crippen molar-refractivity contribution in [2.45, 2.75) is 19.4 Å². The minimum Gasteiger partial charge on any atom is -0.507 e. The van der Waals surface area contributed by atoms with E-state index >= 15 is 0 Å². The van der Waals surface area contributed by atoms with Gasteiger partial charge in [0.05, 0.1) is 5.56 Å². The molecule has 1 heterocycles. The summed E-state index contributed by atoms with van der Waals surface area (Å²) in [7, 11) is 0. The predicted octanol–water partition coefficient (Wildman–Crippen LogP) is 1.85. The van der Waals surface area contributed by atoms with Crippen molar-refractivity contribution in [1.82, 2.24) is 4.90 Å². The van der Waals surface area contributed by atoms with Gasteiger partial charge in [-0.2, -0.15) is 0 Å². The maximum absolute atomic E-state index is 12.3. The Morgan fingerprint density at radius 2 is 2.22 bits per heavy atom. The maximum Gasteiger partial charge on any atom is 0.257 e. The summed E-state index contributed by atoms with van der Waals surface area (Å²) in [6.07, 6.45) is 0.922. The van der Waals surface area contributed by atoms with Crippen LogP contribution < -0.4 is 5.73 Å². The van der Waals surface area contributed by atoms with Crippen LogP contribution in [0.25, 0.3) is 0 Å². The molecule has 2 rings (SSSR count). The van der Waals surface area contributed by atoms with E-state index in [9.17, 15) is 9.90 Å². The van der Waals surface area contributed by atoms with Crippen LogP contribution in [-0.4, -0.2) is 35.0 Å². The Bertz CT molecular complexity index is 454. The number of carbonyl (C=O) groups is 1. The van der Waals surface area contributed by atoms with Gasteiger partial charge in [-0.25, -0.2) is 0 Å². The second kappa shape index (κ2) is 5.16. The number of benzene rings is 1. The molecular weight excluding hydrogens is 252 g/mol. The Balaban J connectivity index is 2.22. The van der Waals surface area contributed by atoms with Crippen molar-refractivity contribution in [2.75, 3.05) is 13.1 Å². The van der Waals surface area contributed by atoms with E-state index in [-0.39, 0.29) is 23.3 Å². The highest BCUT2D eigenvalue weighted by Crippen LogP contribution is 2.25. The quantitative estimate of drug-likeness (QED) is 0.817. The number of phenols is 1. The SMILES string of the molecule is CC1CC(N)CN(C(=O)c2cc(Cl)ccc2O)C1. The van der Waals surface area contributed by atoms with Gasteiger partial charge >= 0.3 is 0 Å². The molecule has 1 aliphatic rings. The van der Waals surface area contributed by atoms with Gasteiger partial charge in [0, 0.05) is 24.2 Å². The predicted molar refractivity (Wildman–Crippen MR) is 70.8 cm³/mol. The summed E-state index contributed by atoms with van der Waals surface area (Å²) in [5.74, 6) is 0.118. The number of amides is 1. The van der Waals surface area contributed by atoms with Crippen LogP contribution >= 0.6 is 11.6 Å². The molecule has 1 saturated heterocycles. The average Bonchev–Trinajstić information content (AvgIpc) is 2.30. The molecular formula is C13H17ClN2O2. The van der Waals surface area contributed by atoms with Gasteiger partial charge in [-0.1, -0.05) is 18.5 Å². The first-order valence-corrected chi connectivity index (χ1v) is 6.38. The summed E-state index contributed by atoms with van der Waals surface area (Å²) in [6.45, 7) is 3.25. The van der Waals surface area contributed by atoms with E-state index in [1.54, 1.807) is 11.0 Å². The Morgan fingerprint density at radius 3 is 2.89 bits per heavy atom. The number of likely N-dealkylation sites (tertiary alicyclic amines) is 1. The normalized spacial score (nSPS) is 24.1. The van der Waals surface area contributed by atoms with Crippen LogP contribution in [0, 0.1) is 5.92 Å². The lowest BCUT2D eigenvalue weighted by Crippen LogP contribution is -2.48. The third kappa shape index (κ3) is 2.76.